The van der Waals surface area contributed by atoms with Crippen molar-refractivity contribution in [3.05, 3.63) is 6.20 Å². The summed E-state index contributed by atoms with van der Waals surface area (Å²) < 4.78 is 0. The van der Waals surface area contributed by atoms with E-state index in [4.69, 9.17) is 11.5 Å². The Kier molecular flexibility index (Phi) is 6.30. The molecule has 17 heavy (non-hydrogen) atoms. The Hall–Kier alpha value is -0.980. The van der Waals surface area contributed by atoms with E-state index in [-0.39, 0.29) is 30.8 Å². The lowest BCUT2D eigenvalue weighted by atomic mass is 10.2. The van der Waals surface area contributed by atoms with Crippen molar-refractivity contribution in [3.8, 4) is 0 Å². The topological polar surface area (TPSA) is 93.1 Å². The first kappa shape index (κ1) is 16.0. The van der Waals surface area contributed by atoms with Crippen LogP contribution in [0.1, 0.15) is 6.92 Å². The molecule has 0 aromatic carbocycles. The predicted octanol–water partition coefficient (Wildman–Crippen LogP) is 0.283. The number of piperazine rings is 1. The third kappa shape index (κ3) is 3.76. The van der Waals surface area contributed by atoms with Crippen molar-refractivity contribution in [2.45, 2.75) is 13.0 Å². The Morgan fingerprint density at radius 1 is 1.41 bits per heavy atom. The number of halogens is 2. The molecule has 1 unspecified atom stereocenters. The molecule has 0 aliphatic carbocycles. The number of aromatic nitrogens is 2. The molecule has 0 bridgehead atoms. The number of anilines is 3. The number of hydrogen-bond donors (Lipinski definition) is 3. The van der Waals surface area contributed by atoms with Crippen LogP contribution in [0.25, 0.3) is 0 Å². The standard InChI is InChI=1S/C9H16N6.2ClH/c1-6-5-15(3-2-12-6)7-4-13-9(11)14-8(7)10;;/h4,6,12H,2-3,5H2,1H3,(H4,10,11,13,14);2*1H. The average molecular weight is 281 g/mol. The molecule has 6 nitrogen and oxygen atoms in total. The van der Waals surface area contributed by atoms with Gasteiger partial charge in [-0.1, -0.05) is 0 Å². The van der Waals surface area contributed by atoms with E-state index in [2.05, 4.69) is 27.1 Å². The Bertz CT molecular complexity index is 361. The van der Waals surface area contributed by atoms with Crippen molar-refractivity contribution < 1.29 is 0 Å². The van der Waals surface area contributed by atoms with Gasteiger partial charge in [-0.3, -0.25) is 0 Å². The molecule has 1 aromatic heterocycles. The van der Waals surface area contributed by atoms with Gasteiger partial charge in [0.25, 0.3) is 0 Å². The monoisotopic (exact) mass is 280 g/mol. The smallest absolute Gasteiger partial charge is 0.222 e. The van der Waals surface area contributed by atoms with Gasteiger partial charge in [0.1, 0.15) is 0 Å². The highest BCUT2D eigenvalue weighted by atomic mass is 35.5. The maximum atomic E-state index is 5.80. The van der Waals surface area contributed by atoms with Crippen LogP contribution in [-0.2, 0) is 0 Å². The second kappa shape index (κ2) is 6.68. The molecule has 8 heteroatoms. The van der Waals surface area contributed by atoms with E-state index in [0.29, 0.717) is 11.9 Å². The van der Waals surface area contributed by atoms with Crippen LogP contribution in [0, 0.1) is 0 Å². The molecule has 1 aliphatic rings. The van der Waals surface area contributed by atoms with E-state index in [0.717, 1.165) is 25.3 Å². The van der Waals surface area contributed by atoms with E-state index >= 15 is 0 Å². The molecule has 1 saturated heterocycles. The van der Waals surface area contributed by atoms with Crippen molar-refractivity contribution >= 4 is 42.3 Å². The first-order chi connectivity index (χ1) is 7.16. The minimum absolute atomic E-state index is 0. The summed E-state index contributed by atoms with van der Waals surface area (Å²) in [4.78, 5) is 10.1. The molecule has 0 radical (unpaired) electrons. The van der Waals surface area contributed by atoms with Gasteiger partial charge in [-0.25, -0.2) is 4.98 Å². The van der Waals surface area contributed by atoms with E-state index < -0.39 is 0 Å². The molecule has 5 N–H and O–H groups in total. The van der Waals surface area contributed by atoms with Gasteiger partial charge in [0.2, 0.25) is 5.95 Å². The molecule has 1 atom stereocenters. The number of hydrogen-bond acceptors (Lipinski definition) is 6. The van der Waals surface area contributed by atoms with Crippen molar-refractivity contribution in [1.29, 1.82) is 0 Å². The summed E-state index contributed by atoms with van der Waals surface area (Å²) in [5.74, 6) is 0.677. The van der Waals surface area contributed by atoms with Crippen LogP contribution in [-0.4, -0.2) is 35.6 Å². The van der Waals surface area contributed by atoms with Crippen LogP contribution in [0.15, 0.2) is 6.20 Å². The van der Waals surface area contributed by atoms with Gasteiger partial charge in [-0.05, 0) is 6.92 Å². The molecular formula is C9H18Cl2N6. The SMILES string of the molecule is CC1CN(c2cnc(N)nc2N)CCN1.Cl.Cl. The molecule has 2 rings (SSSR count). The summed E-state index contributed by atoms with van der Waals surface area (Å²) in [5, 5.41) is 3.36. The van der Waals surface area contributed by atoms with Crippen LogP contribution in [0.2, 0.25) is 0 Å². The molecule has 0 spiro atoms. The van der Waals surface area contributed by atoms with Gasteiger partial charge < -0.3 is 21.7 Å². The Morgan fingerprint density at radius 2 is 2.12 bits per heavy atom. The molecule has 0 saturated carbocycles. The largest absolute Gasteiger partial charge is 0.382 e. The maximum Gasteiger partial charge on any atom is 0.222 e. The first-order valence-corrected chi connectivity index (χ1v) is 5.03. The predicted molar refractivity (Wildman–Crippen MR) is 75.0 cm³/mol. The number of nitrogens with one attached hydrogen (secondary N) is 1. The lowest BCUT2D eigenvalue weighted by Gasteiger charge is -2.33. The summed E-state index contributed by atoms with van der Waals surface area (Å²) in [5.41, 5.74) is 12.1. The normalized spacial score (nSPS) is 19.1. The van der Waals surface area contributed by atoms with Crippen LogP contribution in [0.4, 0.5) is 17.5 Å². The van der Waals surface area contributed by atoms with E-state index in [1.807, 2.05) is 0 Å². The molecule has 1 aromatic rings. The fourth-order valence-electron chi connectivity index (χ4n) is 1.80. The van der Waals surface area contributed by atoms with Crippen molar-refractivity contribution in [2.24, 2.45) is 0 Å². The average Bonchev–Trinajstić information content (AvgIpc) is 2.17. The van der Waals surface area contributed by atoms with Crippen molar-refractivity contribution in [3.63, 3.8) is 0 Å². The minimum Gasteiger partial charge on any atom is -0.382 e. The Labute approximate surface area is 113 Å². The van der Waals surface area contributed by atoms with E-state index in [1.165, 1.54) is 0 Å². The maximum absolute atomic E-state index is 5.80. The fourth-order valence-corrected chi connectivity index (χ4v) is 1.80. The van der Waals surface area contributed by atoms with Crippen molar-refractivity contribution in [1.82, 2.24) is 15.3 Å². The molecule has 2 heterocycles. The van der Waals surface area contributed by atoms with Crippen LogP contribution < -0.4 is 21.7 Å². The van der Waals surface area contributed by atoms with Crippen LogP contribution >= 0.6 is 24.8 Å². The van der Waals surface area contributed by atoms with Gasteiger partial charge >= 0.3 is 0 Å². The summed E-state index contributed by atoms with van der Waals surface area (Å²) in [6.07, 6.45) is 1.69. The zero-order chi connectivity index (χ0) is 10.8. The third-order valence-corrected chi connectivity index (χ3v) is 2.53. The summed E-state index contributed by atoms with van der Waals surface area (Å²) in [6, 6.07) is 0.454. The van der Waals surface area contributed by atoms with Gasteiger partial charge in [0, 0.05) is 25.7 Å². The second-order valence-corrected chi connectivity index (χ2v) is 3.80. The third-order valence-electron chi connectivity index (χ3n) is 2.53. The molecule has 0 amide bonds. The number of nitrogen functional groups attached to an aromatic ring is 2. The lowest BCUT2D eigenvalue weighted by Crippen LogP contribution is -2.49. The molecular weight excluding hydrogens is 263 g/mol. The van der Waals surface area contributed by atoms with Gasteiger partial charge in [0.05, 0.1) is 11.9 Å². The Balaban J connectivity index is 0.00000128. The van der Waals surface area contributed by atoms with Gasteiger partial charge in [-0.2, -0.15) is 4.98 Å². The number of rotatable bonds is 1. The highest BCUT2D eigenvalue weighted by Gasteiger charge is 2.18. The summed E-state index contributed by atoms with van der Waals surface area (Å²) in [6.45, 7) is 4.92. The van der Waals surface area contributed by atoms with Crippen LogP contribution in [0.5, 0.6) is 0 Å². The van der Waals surface area contributed by atoms with Gasteiger partial charge in [0.15, 0.2) is 5.82 Å². The Morgan fingerprint density at radius 3 is 2.71 bits per heavy atom. The van der Waals surface area contributed by atoms with Gasteiger partial charge in [-0.15, -0.1) is 24.8 Å². The fraction of sp³-hybridized carbons (Fsp3) is 0.556. The highest BCUT2D eigenvalue weighted by Crippen LogP contribution is 2.21. The summed E-state index contributed by atoms with van der Waals surface area (Å²) >= 11 is 0. The van der Waals surface area contributed by atoms with E-state index in [9.17, 15) is 0 Å². The van der Waals surface area contributed by atoms with E-state index in [1.54, 1.807) is 6.20 Å². The zero-order valence-electron chi connectivity index (χ0n) is 9.59. The lowest BCUT2D eigenvalue weighted by molar-refractivity contribution is 0.484. The highest BCUT2D eigenvalue weighted by molar-refractivity contribution is 5.85. The molecule has 1 aliphatic heterocycles. The quantitative estimate of drug-likeness (QED) is 0.685. The van der Waals surface area contributed by atoms with Crippen molar-refractivity contribution in [2.75, 3.05) is 36.0 Å². The van der Waals surface area contributed by atoms with Crippen LogP contribution in [0.3, 0.4) is 0 Å². The molecule has 1 fully saturated rings. The molecule has 98 valence electrons. The summed E-state index contributed by atoms with van der Waals surface area (Å²) in [7, 11) is 0. The number of nitrogens with zero attached hydrogens (tertiary/aromatic N) is 3. The minimum atomic E-state index is 0. The number of nitrogens with two attached hydrogens (primary N) is 2. The zero-order valence-corrected chi connectivity index (χ0v) is 11.2. The second-order valence-electron chi connectivity index (χ2n) is 3.80. The first-order valence-electron chi connectivity index (χ1n) is 5.03.